The van der Waals surface area contributed by atoms with Crippen molar-refractivity contribution < 1.29 is 9.66 Å². The highest BCUT2D eigenvalue weighted by Gasteiger charge is 2.35. The third-order valence-electron chi connectivity index (χ3n) is 5.49. The van der Waals surface area contributed by atoms with Crippen LogP contribution in [0.15, 0.2) is 41.2 Å². The molecule has 9 heteroatoms. The number of nitro groups is 1. The molecule has 1 N–H and O–H groups in total. The van der Waals surface area contributed by atoms with E-state index in [0.717, 1.165) is 12.1 Å². The minimum Gasteiger partial charge on any atom is -0.494 e. The van der Waals surface area contributed by atoms with Crippen molar-refractivity contribution in [1.82, 2.24) is 9.47 Å². The number of aromatic nitrogens is 1. The predicted molar refractivity (Wildman–Crippen MR) is 114 cm³/mol. The molecule has 2 atom stereocenters. The summed E-state index contributed by atoms with van der Waals surface area (Å²) in [5, 5.41) is 15.0. The number of ether oxygens (including phenoxy) is 1. The van der Waals surface area contributed by atoms with Crippen LogP contribution < -0.4 is 15.6 Å². The average molecular weight is 414 g/mol. The van der Waals surface area contributed by atoms with Crippen LogP contribution in [0.1, 0.15) is 25.0 Å². The lowest BCUT2D eigenvalue weighted by molar-refractivity contribution is -0.384. The first-order valence-electron chi connectivity index (χ1n) is 9.63. The Bertz CT molecular complexity index is 1020. The standard InChI is InChI=1S/C20H22N4O4S/c1-2-28-15-6-7-16(18(9-15)24(26)27)21-20(29)22-10-13-8-14(12-22)17-4-3-5-19(25)23(17)11-13/h3-7,9,13-14H,2,8,10-12H2,1H3,(H,21,29)/t13-,14+/m1/s1. The second-order valence-electron chi connectivity index (χ2n) is 7.40. The number of hydrogen-bond acceptors (Lipinski definition) is 5. The quantitative estimate of drug-likeness (QED) is 0.467. The molecule has 152 valence electrons. The third kappa shape index (κ3) is 3.82. The summed E-state index contributed by atoms with van der Waals surface area (Å²) in [6.07, 6.45) is 1.02. The molecule has 0 spiro atoms. The molecule has 1 aromatic carbocycles. The van der Waals surface area contributed by atoms with Crippen LogP contribution in [0.4, 0.5) is 11.4 Å². The van der Waals surface area contributed by atoms with E-state index < -0.39 is 4.92 Å². The fourth-order valence-electron chi connectivity index (χ4n) is 4.28. The lowest BCUT2D eigenvalue weighted by Gasteiger charge is -2.43. The molecule has 1 aromatic heterocycles. The number of nitrogens with one attached hydrogen (secondary N) is 1. The van der Waals surface area contributed by atoms with E-state index in [1.54, 1.807) is 24.3 Å². The maximum absolute atomic E-state index is 12.2. The molecule has 1 fully saturated rings. The summed E-state index contributed by atoms with van der Waals surface area (Å²) >= 11 is 5.58. The van der Waals surface area contributed by atoms with Crippen LogP contribution >= 0.6 is 12.2 Å². The van der Waals surface area contributed by atoms with Gasteiger partial charge in [-0.15, -0.1) is 0 Å². The number of likely N-dealkylation sites (tertiary alicyclic amines) is 1. The average Bonchev–Trinajstić information content (AvgIpc) is 2.70. The molecular weight excluding hydrogens is 392 g/mol. The number of anilines is 1. The zero-order valence-electron chi connectivity index (χ0n) is 16.0. The van der Waals surface area contributed by atoms with Gasteiger partial charge in [0.1, 0.15) is 11.4 Å². The number of pyridine rings is 1. The van der Waals surface area contributed by atoms with E-state index >= 15 is 0 Å². The smallest absolute Gasteiger partial charge is 0.296 e. The third-order valence-corrected chi connectivity index (χ3v) is 5.85. The molecule has 3 heterocycles. The number of benzene rings is 1. The molecule has 0 unspecified atom stereocenters. The Hall–Kier alpha value is -2.94. The van der Waals surface area contributed by atoms with Crippen LogP contribution in [-0.4, -0.2) is 39.2 Å². The molecule has 8 nitrogen and oxygen atoms in total. The number of piperidine rings is 1. The van der Waals surface area contributed by atoms with Gasteiger partial charge in [0.2, 0.25) is 0 Å². The highest BCUT2D eigenvalue weighted by atomic mass is 32.1. The molecule has 2 bridgehead atoms. The van der Waals surface area contributed by atoms with Crippen LogP contribution in [0.25, 0.3) is 0 Å². The first-order valence-corrected chi connectivity index (χ1v) is 10.0. The highest BCUT2D eigenvalue weighted by Crippen LogP contribution is 2.36. The van der Waals surface area contributed by atoms with Crippen molar-refractivity contribution >= 4 is 28.7 Å². The van der Waals surface area contributed by atoms with Gasteiger partial charge in [0, 0.05) is 37.3 Å². The van der Waals surface area contributed by atoms with Crippen LogP contribution in [0.3, 0.4) is 0 Å². The molecule has 0 saturated carbocycles. The van der Waals surface area contributed by atoms with E-state index in [-0.39, 0.29) is 17.2 Å². The number of nitro benzene ring substituents is 1. The molecule has 2 aliphatic rings. The zero-order chi connectivity index (χ0) is 20.5. The summed E-state index contributed by atoms with van der Waals surface area (Å²) in [5.74, 6) is 0.980. The molecule has 29 heavy (non-hydrogen) atoms. The first kappa shape index (κ1) is 19.4. The lowest BCUT2D eigenvalue weighted by atomic mass is 9.83. The van der Waals surface area contributed by atoms with Crippen LogP contribution in [0.5, 0.6) is 5.75 Å². The van der Waals surface area contributed by atoms with E-state index in [1.165, 1.54) is 6.07 Å². The summed E-state index contributed by atoms with van der Waals surface area (Å²) < 4.78 is 7.23. The number of rotatable bonds is 4. The molecule has 0 amide bonds. The number of hydrogen-bond donors (Lipinski definition) is 1. The Morgan fingerprint density at radius 1 is 1.31 bits per heavy atom. The largest absolute Gasteiger partial charge is 0.494 e. The maximum Gasteiger partial charge on any atom is 0.296 e. The van der Waals surface area contributed by atoms with E-state index in [2.05, 4.69) is 10.2 Å². The van der Waals surface area contributed by atoms with Gasteiger partial charge < -0.3 is 19.5 Å². The van der Waals surface area contributed by atoms with Gasteiger partial charge in [-0.1, -0.05) is 6.07 Å². The van der Waals surface area contributed by atoms with Gasteiger partial charge in [-0.3, -0.25) is 14.9 Å². The Morgan fingerprint density at radius 2 is 2.14 bits per heavy atom. The van der Waals surface area contributed by atoms with E-state index in [4.69, 9.17) is 17.0 Å². The summed E-state index contributed by atoms with van der Waals surface area (Å²) in [7, 11) is 0. The van der Waals surface area contributed by atoms with Gasteiger partial charge in [0.05, 0.1) is 17.6 Å². The minimum absolute atomic E-state index is 0.0383. The monoisotopic (exact) mass is 414 g/mol. The SMILES string of the molecule is CCOc1ccc(NC(=S)N2C[C@H]3C[C@@H](C2)c2cccc(=O)n2C3)c([N+](=O)[O-])c1. The molecule has 2 aliphatic heterocycles. The normalized spacial score (nSPS) is 20.0. The molecular formula is C20H22N4O4S. The van der Waals surface area contributed by atoms with E-state index in [9.17, 15) is 14.9 Å². The van der Waals surface area contributed by atoms with Crippen molar-refractivity contribution in [1.29, 1.82) is 0 Å². The number of thiocarbonyl (C=S) groups is 1. The summed E-state index contributed by atoms with van der Waals surface area (Å²) in [6.45, 7) is 4.33. The zero-order valence-corrected chi connectivity index (χ0v) is 16.9. The molecule has 1 saturated heterocycles. The number of nitrogens with zero attached hydrogens (tertiary/aromatic N) is 3. The van der Waals surface area contributed by atoms with Crippen molar-refractivity contribution in [3.63, 3.8) is 0 Å². The van der Waals surface area contributed by atoms with Gasteiger partial charge in [0.15, 0.2) is 5.11 Å². The van der Waals surface area contributed by atoms with E-state index in [1.807, 2.05) is 17.6 Å². The van der Waals surface area contributed by atoms with Gasteiger partial charge in [-0.25, -0.2) is 0 Å². The Labute approximate surface area is 173 Å². The lowest BCUT2D eigenvalue weighted by Crippen LogP contribution is -2.50. The molecule has 2 aromatic rings. The van der Waals surface area contributed by atoms with Crippen LogP contribution in [0, 0.1) is 16.0 Å². The Balaban J connectivity index is 1.53. The van der Waals surface area contributed by atoms with Crippen molar-refractivity contribution in [2.24, 2.45) is 5.92 Å². The molecule has 0 aliphatic carbocycles. The van der Waals surface area contributed by atoms with Crippen LogP contribution in [0.2, 0.25) is 0 Å². The highest BCUT2D eigenvalue weighted by molar-refractivity contribution is 7.80. The fourth-order valence-corrected chi connectivity index (χ4v) is 4.54. The van der Waals surface area contributed by atoms with Gasteiger partial charge >= 0.3 is 0 Å². The topological polar surface area (TPSA) is 89.6 Å². The predicted octanol–water partition coefficient (Wildman–Crippen LogP) is 2.97. The van der Waals surface area contributed by atoms with Gasteiger partial charge in [-0.2, -0.15) is 0 Å². The second kappa shape index (κ2) is 7.82. The van der Waals surface area contributed by atoms with E-state index in [0.29, 0.717) is 48.7 Å². The van der Waals surface area contributed by atoms with Crippen molar-refractivity contribution in [2.75, 3.05) is 25.0 Å². The van der Waals surface area contributed by atoms with Crippen molar-refractivity contribution in [3.05, 3.63) is 62.6 Å². The van der Waals surface area contributed by atoms with Crippen LogP contribution in [-0.2, 0) is 6.54 Å². The minimum atomic E-state index is -0.443. The van der Waals surface area contributed by atoms with Gasteiger partial charge in [0.25, 0.3) is 11.2 Å². The maximum atomic E-state index is 12.2. The summed E-state index contributed by atoms with van der Waals surface area (Å²) in [6, 6.07) is 10.1. The Kier molecular flexibility index (Phi) is 5.23. The first-order chi connectivity index (χ1) is 14.0. The van der Waals surface area contributed by atoms with Gasteiger partial charge in [-0.05, 0) is 49.7 Å². The molecule has 4 rings (SSSR count). The summed E-state index contributed by atoms with van der Waals surface area (Å²) in [5.41, 5.74) is 1.34. The fraction of sp³-hybridized carbons (Fsp3) is 0.400. The molecule has 0 radical (unpaired) electrons. The van der Waals surface area contributed by atoms with Crippen molar-refractivity contribution in [2.45, 2.75) is 25.8 Å². The van der Waals surface area contributed by atoms with Crippen molar-refractivity contribution in [3.8, 4) is 5.75 Å². The summed E-state index contributed by atoms with van der Waals surface area (Å²) in [4.78, 5) is 25.3. The second-order valence-corrected chi connectivity index (χ2v) is 7.79. The number of fused-ring (bicyclic) bond motifs is 4. The Morgan fingerprint density at radius 3 is 2.90 bits per heavy atom.